The molecule has 22 heavy (non-hydrogen) atoms. The van der Waals surface area contributed by atoms with E-state index in [4.69, 9.17) is 9.84 Å². The van der Waals surface area contributed by atoms with Crippen molar-refractivity contribution in [3.05, 3.63) is 29.8 Å². The van der Waals surface area contributed by atoms with Gasteiger partial charge in [0.2, 0.25) is 5.91 Å². The molecular weight excluding hydrogens is 280 g/mol. The first kappa shape index (κ1) is 16.8. The van der Waals surface area contributed by atoms with Gasteiger partial charge in [-0.05, 0) is 43.0 Å². The Morgan fingerprint density at radius 1 is 1.41 bits per heavy atom. The van der Waals surface area contributed by atoms with E-state index < -0.39 is 0 Å². The maximum atomic E-state index is 12.0. The Bertz CT molecular complexity index is 459. The summed E-state index contributed by atoms with van der Waals surface area (Å²) >= 11 is 0. The summed E-state index contributed by atoms with van der Waals surface area (Å²) < 4.78 is 5.11. The van der Waals surface area contributed by atoms with Gasteiger partial charge < -0.3 is 20.1 Å². The van der Waals surface area contributed by atoms with Crippen molar-refractivity contribution in [2.24, 2.45) is 5.92 Å². The van der Waals surface area contributed by atoms with Gasteiger partial charge in [0, 0.05) is 19.6 Å². The molecule has 1 aliphatic heterocycles. The number of β-amino-alcohol motifs (C(OH)–C–C–N with tert-alkyl or cyclic N) is 1. The summed E-state index contributed by atoms with van der Waals surface area (Å²) in [6.07, 6.45) is 2.68. The number of aliphatic hydroxyl groups is 1. The standard InChI is InChI=1S/C17H26N2O3/c1-22-16-6-4-14(5-7-16)11-17(21)18-12-15-3-2-8-19(13-15)9-10-20/h4-7,15,20H,2-3,8-13H2,1H3,(H,18,21)/t15-/m0/s1. The van der Waals surface area contributed by atoms with Gasteiger partial charge in [0.25, 0.3) is 0 Å². The lowest BCUT2D eigenvalue weighted by Crippen LogP contribution is -2.42. The van der Waals surface area contributed by atoms with Crippen LogP contribution in [0.1, 0.15) is 18.4 Å². The average molecular weight is 306 g/mol. The number of hydrogen-bond acceptors (Lipinski definition) is 4. The fourth-order valence-electron chi connectivity index (χ4n) is 2.91. The van der Waals surface area contributed by atoms with Gasteiger partial charge in [-0.2, -0.15) is 0 Å². The average Bonchev–Trinajstić information content (AvgIpc) is 2.54. The van der Waals surface area contributed by atoms with Crippen LogP contribution >= 0.6 is 0 Å². The molecule has 1 aromatic carbocycles. The summed E-state index contributed by atoms with van der Waals surface area (Å²) in [5.41, 5.74) is 0.990. The van der Waals surface area contributed by atoms with Crippen molar-refractivity contribution in [3.63, 3.8) is 0 Å². The monoisotopic (exact) mass is 306 g/mol. The van der Waals surface area contributed by atoms with Crippen molar-refractivity contribution < 1.29 is 14.6 Å². The molecule has 1 atom stereocenters. The van der Waals surface area contributed by atoms with Crippen LogP contribution in [0.25, 0.3) is 0 Å². The smallest absolute Gasteiger partial charge is 0.224 e. The predicted molar refractivity (Wildman–Crippen MR) is 86.0 cm³/mol. The molecule has 2 rings (SSSR count). The Labute approximate surface area is 132 Å². The Kier molecular flexibility index (Phi) is 6.68. The number of benzene rings is 1. The number of aliphatic hydroxyl groups excluding tert-OH is 1. The van der Waals surface area contributed by atoms with Gasteiger partial charge in [0.05, 0.1) is 20.1 Å². The molecule has 1 fully saturated rings. The lowest BCUT2D eigenvalue weighted by atomic mass is 9.98. The first-order chi connectivity index (χ1) is 10.7. The quantitative estimate of drug-likeness (QED) is 0.791. The van der Waals surface area contributed by atoms with Crippen LogP contribution in [0.15, 0.2) is 24.3 Å². The number of carbonyl (C=O) groups excluding carboxylic acids is 1. The number of ether oxygens (including phenoxy) is 1. The number of rotatable bonds is 7. The molecule has 0 bridgehead atoms. The molecule has 0 aromatic heterocycles. The van der Waals surface area contributed by atoms with Gasteiger partial charge in [-0.1, -0.05) is 12.1 Å². The number of nitrogens with one attached hydrogen (secondary N) is 1. The number of methoxy groups -OCH3 is 1. The third kappa shape index (κ3) is 5.31. The normalized spacial score (nSPS) is 18.9. The van der Waals surface area contributed by atoms with Crippen molar-refractivity contribution in [2.75, 3.05) is 39.9 Å². The van der Waals surface area contributed by atoms with Gasteiger partial charge >= 0.3 is 0 Å². The fraction of sp³-hybridized carbons (Fsp3) is 0.588. The Balaban J connectivity index is 1.72. The number of amides is 1. The highest BCUT2D eigenvalue weighted by molar-refractivity contribution is 5.78. The minimum atomic E-state index is 0.0597. The lowest BCUT2D eigenvalue weighted by Gasteiger charge is -2.32. The Hall–Kier alpha value is -1.59. The molecule has 0 unspecified atom stereocenters. The topological polar surface area (TPSA) is 61.8 Å². The summed E-state index contributed by atoms with van der Waals surface area (Å²) in [6, 6.07) is 7.58. The van der Waals surface area contributed by atoms with Gasteiger partial charge in [-0.15, -0.1) is 0 Å². The number of likely N-dealkylation sites (tertiary alicyclic amines) is 1. The number of nitrogens with zero attached hydrogens (tertiary/aromatic N) is 1. The van der Waals surface area contributed by atoms with Crippen LogP contribution in [-0.4, -0.2) is 55.8 Å². The van der Waals surface area contributed by atoms with E-state index in [9.17, 15) is 4.79 Å². The van der Waals surface area contributed by atoms with Crippen LogP contribution in [0.3, 0.4) is 0 Å². The minimum Gasteiger partial charge on any atom is -0.497 e. The van der Waals surface area contributed by atoms with E-state index in [0.29, 0.717) is 12.3 Å². The predicted octanol–water partition coefficient (Wildman–Crippen LogP) is 1.06. The number of piperidine rings is 1. The van der Waals surface area contributed by atoms with Gasteiger partial charge in [0.1, 0.15) is 5.75 Å². The van der Waals surface area contributed by atoms with Gasteiger partial charge in [0.15, 0.2) is 0 Å². The molecule has 1 amide bonds. The molecule has 1 aliphatic rings. The summed E-state index contributed by atoms with van der Waals surface area (Å²) in [4.78, 5) is 14.3. The first-order valence-corrected chi connectivity index (χ1v) is 7.94. The molecule has 1 aromatic rings. The Morgan fingerprint density at radius 2 is 2.18 bits per heavy atom. The van der Waals surface area contributed by atoms with E-state index in [-0.39, 0.29) is 12.5 Å². The maximum Gasteiger partial charge on any atom is 0.224 e. The van der Waals surface area contributed by atoms with E-state index in [1.165, 1.54) is 0 Å². The van der Waals surface area contributed by atoms with Crippen LogP contribution < -0.4 is 10.1 Å². The highest BCUT2D eigenvalue weighted by Gasteiger charge is 2.19. The summed E-state index contributed by atoms with van der Waals surface area (Å²) in [5, 5.41) is 12.0. The second kappa shape index (κ2) is 8.76. The molecule has 0 spiro atoms. The summed E-state index contributed by atoms with van der Waals surface area (Å²) in [6.45, 7) is 3.67. The molecule has 2 N–H and O–H groups in total. The van der Waals surface area contributed by atoms with Crippen molar-refractivity contribution in [3.8, 4) is 5.75 Å². The molecule has 122 valence electrons. The van der Waals surface area contributed by atoms with Crippen molar-refractivity contribution >= 4 is 5.91 Å². The number of carbonyl (C=O) groups is 1. The zero-order valence-corrected chi connectivity index (χ0v) is 13.3. The molecule has 0 radical (unpaired) electrons. The molecular formula is C17H26N2O3. The van der Waals surface area contributed by atoms with Crippen molar-refractivity contribution in [2.45, 2.75) is 19.3 Å². The van der Waals surface area contributed by atoms with Crippen molar-refractivity contribution in [1.82, 2.24) is 10.2 Å². The molecule has 5 heteroatoms. The van der Waals surface area contributed by atoms with E-state index in [2.05, 4.69) is 10.2 Å². The summed E-state index contributed by atoms with van der Waals surface area (Å²) in [7, 11) is 1.63. The molecule has 1 saturated heterocycles. The largest absolute Gasteiger partial charge is 0.497 e. The second-order valence-corrected chi connectivity index (χ2v) is 5.86. The van der Waals surface area contributed by atoms with Crippen LogP contribution in [0.5, 0.6) is 5.75 Å². The van der Waals surface area contributed by atoms with E-state index in [1.807, 2.05) is 24.3 Å². The second-order valence-electron chi connectivity index (χ2n) is 5.86. The minimum absolute atomic E-state index is 0.0597. The molecule has 1 heterocycles. The highest BCUT2D eigenvalue weighted by Crippen LogP contribution is 2.15. The molecule has 0 saturated carbocycles. The van der Waals surface area contributed by atoms with Crippen LogP contribution in [0.2, 0.25) is 0 Å². The lowest BCUT2D eigenvalue weighted by molar-refractivity contribution is -0.120. The van der Waals surface area contributed by atoms with E-state index in [0.717, 1.165) is 50.3 Å². The number of hydrogen-bond donors (Lipinski definition) is 2. The SMILES string of the molecule is COc1ccc(CC(=O)NC[C@@H]2CCCN(CCO)C2)cc1. The van der Waals surface area contributed by atoms with E-state index >= 15 is 0 Å². The zero-order valence-electron chi connectivity index (χ0n) is 13.3. The van der Waals surface area contributed by atoms with E-state index in [1.54, 1.807) is 7.11 Å². The third-order valence-corrected chi connectivity index (χ3v) is 4.13. The third-order valence-electron chi connectivity index (χ3n) is 4.13. The van der Waals surface area contributed by atoms with Crippen LogP contribution in [0.4, 0.5) is 0 Å². The van der Waals surface area contributed by atoms with Gasteiger partial charge in [-0.25, -0.2) is 0 Å². The van der Waals surface area contributed by atoms with Crippen LogP contribution in [-0.2, 0) is 11.2 Å². The molecule has 5 nitrogen and oxygen atoms in total. The Morgan fingerprint density at radius 3 is 2.86 bits per heavy atom. The molecule has 0 aliphatic carbocycles. The van der Waals surface area contributed by atoms with Gasteiger partial charge in [-0.3, -0.25) is 4.79 Å². The first-order valence-electron chi connectivity index (χ1n) is 7.94. The zero-order chi connectivity index (χ0) is 15.8. The van der Waals surface area contributed by atoms with Crippen molar-refractivity contribution in [1.29, 1.82) is 0 Å². The van der Waals surface area contributed by atoms with Crippen LogP contribution in [0, 0.1) is 5.92 Å². The maximum absolute atomic E-state index is 12.0. The highest BCUT2D eigenvalue weighted by atomic mass is 16.5. The fourth-order valence-corrected chi connectivity index (χ4v) is 2.91. The summed E-state index contributed by atoms with van der Waals surface area (Å²) in [5.74, 6) is 1.35.